The number of hydrogen-bond donors (Lipinski definition) is 2. The minimum absolute atomic E-state index is 0.165. The van der Waals surface area contributed by atoms with Crippen LogP contribution in [0.4, 0.5) is 4.79 Å². The molecule has 0 bridgehead atoms. The van der Waals surface area contributed by atoms with E-state index in [1.54, 1.807) is 14.0 Å². The van der Waals surface area contributed by atoms with Gasteiger partial charge in [-0.15, -0.1) is 0 Å². The van der Waals surface area contributed by atoms with Gasteiger partial charge in [-0.3, -0.25) is 0 Å². The Morgan fingerprint density at radius 3 is 2.33 bits per heavy atom. The van der Waals surface area contributed by atoms with Crippen LogP contribution >= 0.6 is 0 Å². The fourth-order valence-corrected chi connectivity index (χ4v) is 3.12. The zero-order chi connectivity index (χ0) is 17.9. The van der Waals surface area contributed by atoms with E-state index in [0.717, 1.165) is 22.3 Å². The van der Waals surface area contributed by atoms with Crippen LogP contribution in [0.15, 0.2) is 23.4 Å². The zero-order valence-electron chi connectivity index (χ0n) is 14.8. The topological polar surface area (TPSA) is 76.7 Å². The van der Waals surface area contributed by atoms with Crippen LogP contribution in [-0.4, -0.2) is 32.3 Å². The number of benzene rings is 1. The maximum Gasteiger partial charge on any atom is 0.338 e. The van der Waals surface area contributed by atoms with Gasteiger partial charge in [0.1, 0.15) is 6.61 Å². The number of aryl methyl sites for hydroxylation is 3. The Morgan fingerprint density at radius 1 is 1.12 bits per heavy atom. The number of carbonyl (C=O) groups excluding carboxylic acids is 2. The summed E-state index contributed by atoms with van der Waals surface area (Å²) in [5.41, 5.74) is 5.03. The fourth-order valence-electron chi connectivity index (χ4n) is 3.12. The molecular formula is C18H24N2O4. The average molecular weight is 332 g/mol. The molecule has 0 aliphatic carbocycles. The van der Waals surface area contributed by atoms with E-state index in [1.165, 1.54) is 0 Å². The van der Waals surface area contributed by atoms with E-state index in [2.05, 4.69) is 10.6 Å². The summed E-state index contributed by atoms with van der Waals surface area (Å²) >= 11 is 0. The Kier molecular flexibility index (Phi) is 5.62. The van der Waals surface area contributed by atoms with Crippen molar-refractivity contribution in [3.63, 3.8) is 0 Å². The number of urea groups is 1. The first-order chi connectivity index (χ1) is 11.3. The highest BCUT2D eigenvalue weighted by Crippen LogP contribution is 2.32. The van der Waals surface area contributed by atoms with Gasteiger partial charge in [-0.2, -0.15) is 0 Å². The van der Waals surface area contributed by atoms with Gasteiger partial charge in [0, 0.05) is 12.8 Å². The quantitative estimate of drug-likeness (QED) is 0.641. The number of methoxy groups -OCH3 is 1. The monoisotopic (exact) mass is 332 g/mol. The van der Waals surface area contributed by atoms with Crippen molar-refractivity contribution in [2.75, 3.05) is 20.3 Å². The Bertz CT molecular complexity index is 671. The molecule has 0 aromatic heterocycles. The molecule has 1 atom stereocenters. The molecule has 1 aromatic rings. The second kappa shape index (κ2) is 7.49. The standard InChI is InChI=1S/C18H24N2O4/c1-10-8-11(2)14(12(3)9-10)16-15(13(4)19-18(22)20-16)17(21)24-7-6-23-5/h8-9,16H,6-7H2,1-5H3,(H2,19,20,22). The number of esters is 1. The van der Waals surface area contributed by atoms with E-state index < -0.39 is 12.0 Å². The molecule has 6 nitrogen and oxygen atoms in total. The largest absolute Gasteiger partial charge is 0.460 e. The van der Waals surface area contributed by atoms with Crippen molar-refractivity contribution in [2.24, 2.45) is 0 Å². The van der Waals surface area contributed by atoms with Gasteiger partial charge in [0.15, 0.2) is 0 Å². The maximum atomic E-state index is 12.5. The van der Waals surface area contributed by atoms with Crippen molar-refractivity contribution < 1.29 is 19.1 Å². The summed E-state index contributed by atoms with van der Waals surface area (Å²) in [6, 6.07) is 3.22. The molecule has 24 heavy (non-hydrogen) atoms. The lowest BCUT2D eigenvalue weighted by Crippen LogP contribution is -2.45. The predicted molar refractivity (Wildman–Crippen MR) is 90.6 cm³/mol. The minimum Gasteiger partial charge on any atom is -0.460 e. The third-order valence-electron chi connectivity index (χ3n) is 4.04. The third-order valence-corrected chi connectivity index (χ3v) is 4.04. The van der Waals surface area contributed by atoms with Crippen LogP contribution in [-0.2, 0) is 14.3 Å². The first kappa shape index (κ1) is 18.0. The molecule has 0 fully saturated rings. The number of rotatable bonds is 5. The highest BCUT2D eigenvalue weighted by atomic mass is 16.6. The number of carbonyl (C=O) groups is 2. The van der Waals surface area contributed by atoms with Gasteiger partial charge in [0.25, 0.3) is 0 Å². The molecule has 1 aliphatic heterocycles. The molecular weight excluding hydrogens is 308 g/mol. The summed E-state index contributed by atoms with van der Waals surface area (Å²) < 4.78 is 10.2. The van der Waals surface area contributed by atoms with Crippen LogP contribution in [0.2, 0.25) is 0 Å². The van der Waals surface area contributed by atoms with Gasteiger partial charge in [-0.25, -0.2) is 9.59 Å². The molecule has 0 saturated carbocycles. The van der Waals surface area contributed by atoms with E-state index in [1.807, 2.05) is 32.9 Å². The van der Waals surface area contributed by atoms with Crippen LogP contribution in [0.1, 0.15) is 35.2 Å². The molecule has 130 valence electrons. The van der Waals surface area contributed by atoms with Crippen molar-refractivity contribution in [3.05, 3.63) is 45.7 Å². The summed E-state index contributed by atoms with van der Waals surface area (Å²) in [5, 5.41) is 5.49. The number of nitrogens with one attached hydrogen (secondary N) is 2. The number of ether oxygens (including phenoxy) is 2. The van der Waals surface area contributed by atoms with Crippen LogP contribution in [0.25, 0.3) is 0 Å². The number of amides is 2. The Labute approximate surface area is 142 Å². The van der Waals surface area contributed by atoms with Gasteiger partial charge in [-0.05, 0) is 44.4 Å². The first-order valence-corrected chi connectivity index (χ1v) is 7.87. The van der Waals surface area contributed by atoms with Gasteiger partial charge < -0.3 is 20.1 Å². The second-order valence-corrected chi connectivity index (χ2v) is 6.01. The van der Waals surface area contributed by atoms with Gasteiger partial charge in [0.05, 0.1) is 18.2 Å². The molecule has 2 N–H and O–H groups in total. The highest BCUT2D eigenvalue weighted by Gasteiger charge is 2.33. The van der Waals surface area contributed by atoms with E-state index in [-0.39, 0.29) is 12.6 Å². The van der Waals surface area contributed by atoms with Crippen molar-refractivity contribution in [1.29, 1.82) is 0 Å². The molecule has 1 aliphatic rings. The fraction of sp³-hybridized carbons (Fsp3) is 0.444. The summed E-state index contributed by atoms with van der Waals surface area (Å²) in [4.78, 5) is 24.5. The molecule has 1 aromatic carbocycles. The number of hydrogen-bond acceptors (Lipinski definition) is 4. The van der Waals surface area contributed by atoms with Gasteiger partial charge in [-0.1, -0.05) is 17.7 Å². The summed E-state index contributed by atoms with van der Waals surface area (Å²) in [6.07, 6.45) is 0. The van der Waals surface area contributed by atoms with E-state index in [0.29, 0.717) is 17.9 Å². The molecule has 1 unspecified atom stereocenters. The van der Waals surface area contributed by atoms with Crippen LogP contribution in [0.5, 0.6) is 0 Å². The third kappa shape index (κ3) is 3.76. The molecule has 0 spiro atoms. The van der Waals surface area contributed by atoms with Crippen LogP contribution in [0.3, 0.4) is 0 Å². The lowest BCUT2D eigenvalue weighted by atomic mass is 9.88. The smallest absolute Gasteiger partial charge is 0.338 e. The molecule has 6 heteroatoms. The first-order valence-electron chi connectivity index (χ1n) is 7.87. The van der Waals surface area contributed by atoms with Crippen molar-refractivity contribution in [3.8, 4) is 0 Å². The van der Waals surface area contributed by atoms with Crippen LogP contribution in [0, 0.1) is 20.8 Å². The zero-order valence-corrected chi connectivity index (χ0v) is 14.8. The minimum atomic E-state index is -0.533. The van der Waals surface area contributed by atoms with E-state index >= 15 is 0 Å². The van der Waals surface area contributed by atoms with Gasteiger partial charge in [0.2, 0.25) is 0 Å². The Hall–Kier alpha value is -2.34. The molecule has 0 radical (unpaired) electrons. The lowest BCUT2D eigenvalue weighted by Gasteiger charge is -2.30. The van der Waals surface area contributed by atoms with Crippen molar-refractivity contribution >= 4 is 12.0 Å². The number of allylic oxidation sites excluding steroid dienone is 1. The summed E-state index contributed by atoms with van der Waals surface area (Å²) in [5.74, 6) is -0.457. The van der Waals surface area contributed by atoms with Gasteiger partial charge >= 0.3 is 12.0 Å². The molecule has 1 heterocycles. The summed E-state index contributed by atoms with van der Waals surface area (Å²) in [6.45, 7) is 8.17. The second-order valence-electron chi connectivity index (χ2n) is 6.01. The Morgan fingerprint density at radius 2 is 1.75 bits per heavy atom. The van der Waals surface area contributed by atoms with Crippen molar-refractivity contribution in [1.82, 2.24) is 10.6 Å². The summed E-state index contributed by atoms with van der Waals surface area (Å²) in [7, 11) is 1.54. The molecule has 2 amide bonds. The normalized spacial score (nSPS) is 17.4. The SMILES string of the molecule is COCCOC(=O)C1=C(C)NC(=O)NC1c1c(C)cc(C)cc1C. The highest BCUT2D eigenvalue weighted by molar-refractivity contribution is 5.95. The maximum absolute atomic E-state index is 12.5. The predicted octanol–water partition coefficient (Wildman–Crippen LogP) is 2.43. The van der Waals surface area contributed by atoms with E-state index in [9.17, 15) is 9.59 Å². The molecule has 2 rings (SSSR count). The molecule has 0 saturated heterocycles. The lowest BCUT2D eigenvalue weighted by molar-refractivity contribution is -0.140. The van der Waals surface area contributed by atoms with E-state index in [4.69, 9.17) is 9.47 Å². The average Bonchev–Trinajstić information content (AvgIpc) is 2.45. The van der Waals surface area contributed by atoms with Crippen LogP contribution < -0.4 is 10.6 Å². The van der Waals surface area contributed by atoms with Crippen molar-refractivity contribution in [2.45, 2.75) is 33.7 Å². The Balaban J connectivity index is 2.44.